The number of hydrogen-bond donors (Lipinski definition) is 2. The summed E-state index contributed by atoms with van der Waals surface area (Å²) in [5, 5.41) is 5.46. The second-order valence-electron chi connectivity index (χ2n) is 5.01. The maximum atomic E-state index is 5.74. The Labute approximate surface area is 117 Å². The molecule has 5 nitrogen and oxygen atoms in total. The zero-order valence-corrected chi connectivity index (χ0v) is 11.6. The summed E-state index contributed by atoms with van der Waals surface area (Å²) >= 11 is 0. The van der Waals surface area contributed by atoms with Crippen LogP contribution in [0.25, 0.3) is 11.0 Å². The fraction of sp³-hybridized carbons (Fsp3) is 0.267. The van der Waals surface area contributed by atoms with Crippen LogP contribution in [0, 0.1) is 6.92 Å². The Morgan fingerprint density at radius 3 is 2.90 bits per heavy atom. The maximum absolute atomic E-state index is 5.74. The predicted octanol–water partition coefficient (Wildman–Crippen LogP) is 2.22. The highest BCUT2D eigenvalue weighted by atomic mass is 16.3. The molecule has 0 aliphatic carbocycles. The second kappa shape index (κ2) is 5.11. The molecule has 1 unspecified atom stereocenters. The van der Waals surface area contributed by atoms with Crippen LogP contribution in [0.1, 0.15) is 23.0 Å². The third-order valence-electron chi connectivity index (χ3n) is 3.60. The summed E-state index contributed by atoms with van der Waals surface area (Å²) in [5.74, 6) is 5.74. The average molecular weight is 270 g/mol. The fourth-order valence-electron chi connectivity index (χ4n) is 2.59. The van der Waals surface area contributed by atoms with Crippen molar-refractivity contribution >= 4 is 11.0 Å². The number of benzene rings is 1. The van der Waals surface area contributed by atoms with Crippen molar-refractivity contribution in [2.24, 2.45) is 12.9 Å². The number of nitrogens with zero attached hydrogens (tertiary/aromatic N) is 2. The monoisotopic (exact) mass is 270 g/mol. The number of nitrogens with one attached hydrogen (secondary N) is 1. The standard InChI is InChI=1S/C15H18N4O/c1-10-7-11(19(2)18-10)8-14(17-16)13-9-20-15-6-4-3-5-12(13)15/h3-7,9,14,17H,8,16H2,1-2H3. The number of fused-ring (bicyclic) bond motifs is 1. The SMILES string of the molecule is Cc1cc(CC(NN)c2coc3ccccc23)n(C)n1. The van der Waals surface area contributed by atoms with Gasteiger partial charge >= 0.3 is 0 Å². The Hall–Kier alpha value is -2.11. The van der Waals surface area contributed by atoms with Gasteiger partial charge in [0.25, 0.3) is 0 Å². The smallest absolute Gasteiger partial charge is 0.134 e. The van der Waals surface area contributed by atoms with Crippen molar-refractivity contribution in [3.05, 3.63) is 53.5 Å². The van der Waals surface area contributed by atoms with Gasteiger partial charge in [0.1, 0.15) is 5.58 Å². The summed E-state index contributed by atoms with van der Waals surface area (Å²) in [5.41, 5.74) is 6.97. The molecule has 0 spiro atoms. The molecule has 2 aromatic heterocycles. The molecular formula is C15H18N4O. The van der Waals surface area contributed by atoms with Crippen LogP contribution in [0.15, 0.2) is 41.0 Å². The number of hydrazine groups is 1. The Morgan fingerprint density at radius 2 is 2.20 bits per heavy atom. The minimum atomic E-state index is -0.00606. The molecule has 0 fully saturated rings. The summed E-state index contributed by atoms with van der Waals surface area (Å²) in [4.78, 5) is 0. The van der Waals surface area contributed by atoms with Crippen molar-refractivity contribution in [3.63, 3.8) is 0 Å². The first-order valence-corrected chi connectivity index (χ1v) is 6.61. The molecule has 2 heterocycles. The third kappa shape index (κ3) is 2.21. The lowest BCUT2D eigenvalue weighted by Gasteiger charge is -2.14. The minimum Gasteiger partial charge on any atom is -0.464 e. The molecule has 3 N–H and O–H groups in total. The van der Waals surface area contributed by atoms with Crippen LogP contribution in [-0.4, -0.2) is 9.78 Å². The van der Waals surface area contributed by atoms with E-state index in [1.807, 2.05) is 42.9 Å². The van der Waals surface area contributed by atoms with Crippen LogP contribution in [0.5, 0.6) is 0 Å². The molecule has 0 saturated heterocycles. The molecule has 0 saturated carbocycles. The largest absolute Gasteiger partial charge is 0.464 e. The molecule has 3 aromatic rings. The van der Waals surface area contributed by atoms with Gasteiger partial charge in [-0.05, 0) is 19.1 Å². The van der Waals surface area contributed by atoms with Crippen LogP contribution in [0.3, 0.4) is 0 Å². The molecule has 5 heteroatoms. The van der Waals surface area contributed by atoms with E-state index in [1.165, 1.54) is 0 Å². The molecule has 1 aromatic carbocycles. The highest BCUT2D eigenvalue weighted by Crippen LogP contribution is 2.28. The summed E-state index contributed by atoms with van der Waals surface area (Å²) < 4.78 is 7.48. The maximum Gasteiger partial charge on any atom is 0.134 e. The molecule has 20 heavy (non-hydrogen) atoms. The number of aromatic nitrogens is 2. The van der Waals surface area contributed by atoms with Gasteiger partial charge in [-0.15, -0.1) is 0 Å². The number of para-hydroxylation sites is 1. The van der Waals surface area contributed by atoms with Gasteiger partial charge in [0.2, 0.25) is 0 Å². The Bertz CT molecular complexity index is 728. The quantitative estimate of drug-likeness (QED) is 0.563. The van der Waals surface area contributed by atoms with E-state index in [0.717, 1.165) is 34.3 Å². The number of rotatable bonds is 4. The summed E-state index contributed by atoms with van der Waals surface area (Å²) in [6.45, 7) is 1.99. The van der Waals surface area contributed by atoms with Crippen LogP contribution in [-0.2, 0) is 13.5 Å². The topological polar surface area (TPSA) is 69.0 Å². The Balaban J connectivity index is 1.95. The number of aryl methyl sites for hydroxylation is 2. The second-order valence-corrected chi connectivity index (χ2v) is 5.01. The molecule has 0 aliphatic rings. The van der Waals surface area contributed by atoms with Gasteiger partial charge in [0.05, 0.1) is 18.0 Å². The average Bonchev–Trinajstić information content (AvgIpc) is 3.00. The van der Waals surface area contributed by atoms with Crippen LogP contribution >= 0.6 is 0 Å². The molecule has 0 bridgehead atoms. The molecule has 0 radical (unpaired) electrons. The number of hydrogen-bond acceptors (Lipinski definition) is 4. The molecule has 3 rings (SSSR count). The van der Waals surface area contributed by atoms with Crippen LogP contribution in [0.2, 0.25) is 0 Å². The van der Waals surface area contributed by atoms with E-state index in [-0.39, 0.29) is 6.04 Å². The lowest BCUT2D eigenvalue weighted by atomic mass is 10.0. The van der Waals surface area contributed by atoms with E-state index in [0.29, 0.717) is 0 Å². The van der Waals surface area contributed by atoms with Crippen molar-refractivity contribution in [3.8, 4) is 0 Å². The summed E-state index contributed by atoms with van der Waals surface area (Å²) in [7, 11) is 1.95. The summed E-state index contributed by atoms with van der Waals surface area (Å²) in [6, 6.07) is 10.0. The zero-order valence-electron chi connectivity index (χ0n) is 11.6. The molecule has 0 amide bonds. The Kier molecular flexibility index (Phi) is 3.30. The van der Waals surface area contributed by atoms with Gasteiger partial charge in [0.15, 0.2) is 0 Å². The van der Waals surface area contributed by atoms with E-state index in [1.54, 1.807) is 6.26 Å². The van der Waals surface area contributed by atoms with E-state index < -0.39 is 0 Å². The molecule has 104 valence electrons. The first-order chi connectivity index (χ1) is 9.69. The van der Waals surface area contributed by atoms with Gasteiger partial charge in [-0.25, -0.2) is 0 Å². The number of furan rings is 1. The van der Waals surface area contributed by atoms with Gasteiger partial charge in [-0.2, -0.15) is 5.10 Å². The molecule has 0 aliphatic heterocycles. The van der Waals surface area contributed by atoms with E-state index >= 15 is 0 Å². The number of nitrogens with two attached hydrogens (primary N) is 1. The van der Waals surface area contributed by atoms with E-state index in [2.05, 4.69) is 16.6 Å². The summed E-state index contributed by atoms with van der Waals surface area (Å²) in [6.07, 6.45) is 2.54. The lowest BCUT2D eigenvalue weighted by Crippen LogP contribution is -2.30. The highest BCUT2D eigenvalue weighted by molar-refractivity contribution is 5.81. The van der Waals surface area contributed by atoms with E-state index in [9.17, 15) is 0 Å². The van der Waals surface area contributed by atoms with Crippen molar-refractivity contribution in [1.82, 2.24) is 15.2 Å². The van der Waals surface area contributed by atoms with Gasteiger partial charge < -0.3 is 4.42 Å². The zero-order chi connectivity index (χ0) is 14.1. The minimum absolute atomic E-state index is 0.00606. The first-order valence-electron chi connectivity index (χ1n) is 6.61. The van der Waals surface area contributed by atoms with Gasteiger partial charge in [-0.3, -0.25) is 16.0 Å². The van der Waals surface area contributed by atoms with Crippen LogP contribution in [0.4, 0.5) is 0 Å². The normalized spacial score (nSPS) is 12.9. The van der Waals surface area contributed by atoms with Crippen molar-refractivity contribution < 1.29 is 4.42 Å². The predicted molar refractivity (Wildman–Crippen MR) is 77.9 cm³/mol. The Morgan fingerprint density at radius 1 is 1.40 bits per heavy atom. The van der Waals surface area contributed by atoms with Crippen LogP contribution < -0.4 is 11.3 Å². The molecule has 1 atom stereocenters. The van der Waals surface area contributed by atoms with Crippen molar-refractivity contribution in [2.75, 3.05) is 0 Å². The molecular weight excluding hydrogens is 252 g/mol. The fourth-order valence-corrected chi connectivity index (χ4v) is 2.59. The van der Waals surface area contributed by atoms with E-state index in [4.69, 9.17) is 10.3 Å². The van der Waals surface area contributed by atoms with Gasteiger partial charge in [0, 0.05) is 30.1 Å². The van der Waals surface area contributed by atoms with Crippen molar-refractivity contribution in [2.45, 2.75) is 19.4 Å². The van der Waals surface area contributed by atoms with Gasteiger partial charge in [-0.1, -0.05) is 18.2 Å². The third-order valence-corrected chi connectivity index (χ3v) is 3.60. The first kappa shape index (κ1) is 12.9. The van der Waals surface area contributed by atoms with Crippen molar-refractivity contribution in [1.29, 1.82) is 0 Å². The highest BCUT2D eigenvalue weighted by Gasteiger charge is 2.18. The lowest BCUT2D eigenvalue weighted by molar-refractivity contribution is 0.520.